The summed E-state index contributed by atoms with van der Waals surface area (Å²) >= 11 is 0. The summed E-state index contributed by atoms with van der Waals surface area (Å²) in [5, 5.41) is 12.3. The highest BCUT2D eigenvalue weighted by Gasteiger charge is 2.47. The second kappa shape index (κ2) is 12.8. The summed E-state index contributed by atoms with van der Waals surface area (Å²) in [5.74, 6) is -0.470. The zero-order valence-electron chi connectivity index (χ0n) is 23.3. The summed E-state index contributed by atoms with van der Waals surface area (Å²) in [6.45, 7) is 4.24. The van der Waals surface area contributed by atoms with Gasteiger partial charge in [0.15, 0.2) is 0 Å². The fraction of sp³-hybridized carbons (Fsp3) is 0.419. The van der Waals surface area contributed by atoms with Crippen LogP contribution in [-0.4, -0.2) is 43.2 Å². The van der Waals surface area contributed by atoms with Crippen molar-refractivity contribution in [2.24, 2.45) is 5.92 Å². The molecule has 0 radical (unpaired) electrons. The average Bonchev–Trinajstić information content (AvgIpc) is 2.95. The van der Waals surface area contributed by atoms with Crippen molar-refractivity contribution in [2.45, 2.75) is 50.9 Å². The molecule has 11 heteroatoms. The van der Waals surface area contributed by atoms with Gasteiger partial charge in [0.2, 0.25) is 0 Å². The van der Waals surface area contributed by atoms with E-state index in [1.807, 2.05) is 31.2 Å². The third-order valence-corrected chi connectivity index (χ3v) is 7.45. The molecular weight excluding hydrogens is 564 g/mol. The van der Waals surface area contributed by atoms with Gasteiger partial charge < -0.3 is 19.3 Å². The number of aliphatic hydroxyl groups is 1. The van der Waals surface area contributed by atoms with Crippen LogP contribution >= 0.6 is 0 Å². The first kappa shape index (κ1) is 31.5. The first-order valence-electron chi connectivity index (χ1n) is 13.6. The average molecular weight is 598 g/mol. The van der Waals surface area contributed by atoms with E-state index in [1.165, 1.54) is 31.4 Å². The van der Waals surface area contributed by atoms with Gasteiger partial charge in [-0.3, -0.25) is 4.90 Å². The SMILES string of the molecule is CCCOc1ccc(CN2CCC([C@@](O)(c3ccc(OC(F)(F)F)cc3)c3ccc(OC)cc3C(F)(F)F)CC2)cc1. The minimum absolute atomic E-state index is 0.0359. The molecule has 1 atom stereocenters. The van der Waals surface area contributed by atoms with E-state index in [4.69, 9.17) is 9.47 Å². The van der Waals surface area contributed by atoms with Crippen LogP contribution in [0.1, 0.15) is 48.4 Å². The Kier molecular flexibility index (Phi) is 9.62. The number of methoxy groups -OCH3 is 1. The van der Waals surface area contributed by atoms with E-state index in [0.29, 0.717) is 39.1 Å². The Morgan fingerprint density at radius 3 is 1.95 bits per heavy atom. The second-order valence-electron chi connectivity index (χ2n) is 10.3. The van der Waals surface area contributed by atoms with Gasteiger partial charge in [-0.25, -0.2) is 0 Å². The van der Waals surface area contributed by atoms with Gasteiger partial charge >= 0.3 is 12.5 Å². The molecule has 5 nitrogen and oxygen atoms in total. The van der Waals surface area contributed by atoms with E-state index in [2.05, 4.69) is 9.64 Å². The number of rotatable bonds is 10. The standard InChI is InChI=1S/C31H33F6NO4/c1-3-18-41-24-8-4-21(5-9-24)20-38-16-14-23(15-17-38)29(39,22-6-10-25(11-7-22)42-31(35,36)37)27-13-12-26(40-2)19-28(27)30(32,33)34/h4-13,19,23,39H,3,14-18,20H2,1-2H3/t29-/m0/s1. The lowest BCUT2D eigenvalue weighted by Crippen LogP contribution is -2.45. The third kappa shape index (κ3) is 7.49. The molecule has 1 aliphatic heterocycles. The number of ether oxygens (including phenoxy) is 3. The molecule has 0 spiro atoms. The summed E-state index contributed by atoms with van der Waals surface area (Å²) in [6, 6.07) is 15.4. The second-order valence-corrected chi connectivity index (χ2v) is 10.3. The van der Waals surface area contributed by atoms with E-state index < -0.39 is 35.4 Å². The van der Waals surface area contributed by atoms with Gasteiger partial charge in [-0.05, 0) is 85.8 Å². The van der Waals surface area contributed by atoms with E-state index in [9.17, 15) is 31.4 Å². The molecule has 4 rings (SSSR count). The highest BCUT2D eigenvalue weighted by Crippen LogP contribution is 2.48. The lowest BCUT2D eigenvalue weighted by Gasteiger charge is -2.43. The molecule has 1 heterocycles. The van der Waals surface area contributed by atoms with Crippen LogP contribution in [-0.2, 0) is 18.3 Å². The molecule has 1 fully saturated rings. The van der Waals surface area contributed by atoms with Crippen molar-refractivity contribution in [1.29, 1.82) is 0 Å². The smallest absolute Gasteiger partial charge is 0.497 e. The molecule has 3 aromatic rings. The van der Waals surface area contributed by atoms with Crippen LogP contribution in [0, 0.1) is 5.92 Å². The lowest BCUT2D eigenvalue weighted by atomic mass is 9.70. The monoisotopic (exact) mass is 597 g/mol. The highest BCUT2D eigenvalue weighted by molar-refractivity contribution is 5.47. The van der Waals surface area contributed by atoms with Gasteiger partial charge in [-0.1, -0.05) is 37.3 Å². The van der Waals surface area contributed by atoms with Crippen molar-refractivity contribution >= 4 is 0 Å². The number of likely N-dealkylation sites (tertiary alicyclic amines) is 1. The van der Waals surface area contributed by atoms with Crippen molar-refractivity contribution in [3.05, 3.63) is 89.0 Å². The van der Waals surface area contributed by atoms with Gasteiger partial charge in [0.25, 0.3) is 0 Å². The Morgan fingerprint density at radius 1 is 0.810 bits per heavy atom. The van der Waals surface area contributed by atoms with Crippen LogP contribution in [0.3, 0.4) is 0 Å². The Labute approximate surface area is 240 Å². The first-order chi connectivity index (χ1) is 19.8. The maximum atomic E-state index is 14.3. The van der Waals surface area contributed by atoms with Crippen LogP contribution in [0.25, 0.3) is 0 Å². The number of hydrogen-bond donors (Lipinski definition) is 1. The number of alkyl halides is 6. The van der Waals surface area contributed by atoms with E-state index >= 15 is 0 Å². The first-order valence-corrected chi connectivity index (χ1v) is 13.6. The normalized spacial score (nSPS) is 16.6. The predicted molar refractivity (Wildman–Crippen MR) is 144 cm³/mol. The summed E-state index contributed by atoms with van der Waals surface area (Å²) in [4.78, 5) is 2.15. The molecule has 0 saturated carbocycles. The van der Waals surface area contributed by atoms with Crippen LogP contribution in [0.15, 0.2) is 66.7 Å². The molecule has 3 aromatic carbocycles. The molecule has 0 amide bonds. The van der Waals surface area contributed by atoms with Crippen LogP contribution < -0.4 is 14.2 Å². The summed E-state index contributed by atoms with van der Waals surface area (Å²) in [7, 11) is 1.24. The van der Waals surface area contributed by atoms with E-state index in [1.54, 1.807) is 0 Å². The number of halogens is 6. The largest absolute Gasteiger partial charge is 0.573 e. The van der Waals surface area contributed by atoms with Crippen LogP contribution in [0.2, 0.25) is 0 Å². The van der Waals surface area contributed by atoms with Crippen LogP contribution in [0.4, 0.5) is 26.3 Å². The van der Waals surface area contributed by atoms with Gasteiger partial charge in [0, 0.05) is 12.1 Å². The lowest BCUT2D eigenvalue weighted by molar-refractivity contribution is -0.274. The highest BCUT2D eigenvalue weighted by atomic mass is 19.4. The minimum atomic E-state index is -4.94. The van der Waals surface area contributed by atoms with Crippen molar-refractivity contribution in [2.75, 3.05) is 26.8 Å². The topological polar surface area (TPSA) is 51.2 Å². The van der Waals surface area contributed by atoms with Gasteiger partial charge in [-0.2, -0.15) is 13.2 Å². The Morgan fingerprint density at radius 2 is 1.40 bits per heavy atom. The van der Waals surface area contributed by atoms with Crippen molar-refractivity contribution in [3.8, 4) is 17.2 Å². The van der Waals surface area contributed by atoms with E-state index in [-0.39, 0.29) is 16.9 Å². The number of nitrogens with zero attached hydrogens (tertiary/aromatic N) is 1. The quantitative estimate of drug-likeness (QED) is 0.245. The minimum Gasteiger partial charge on any atom is -0.497 e. The Balaban J connectivity index is 1.63. The summed E-state index contributed by atoms with van der Waals surface area (Å²) in [5.41, 5.74) is -2.54. The maximum absolute atomic E-state index is 14.3. The van der Waals surface area contributed by atoms with Gasteiger partial charge in [-0.15, -0.1) is 13.2 Å². The zero-order valence-corrected chi connectivity index (χ0v) is 23.3. The van der Waals surface area contributed by atoms with Crippen molar-refractivity contribution < 1.29 is 45.7 Å². The van der Waals surface area contributed by atoms with E-state index in [0.717, 1.165) is 35.9 Å². The molecule has 0 bridgehead atoms. The molecule has 228 valence electrons. The van der Waals surface area contributed by atoms with Gasteiger partial charge in [0.05, 0.1) is 19.3 Å². The van der Waals surface area contributed by atoms with Gasteiger partial charge in [0.1, 0.15) is 22.8 Å². The molecule has 0 aliphatic carbocycles. The fourth-order valence-corrected chi connectivity index (χ4v) is 5.42. The zero-order chi connectivity index (χ0) is 30.5. The molecule has 1 saturated heterocycles. The molecule has 0 aromatic heterocycles. The number of hydrogen-bond acceptors (Lipinski definition) is 5. The Bertz CT molecular complexity index is 1300. The maximum Gasteiger partial charge on any atom is 0.573 e. The Hall–Kier alpha value is -3.44. The fourth-order valence-electron chi connectivity index (χ4n) is 5.42. The molecule has 42 heavy (non-hydrogen) atoms. The summed E-state index contributed by atoms with van der Waals surface area (Å²) < 4.78 is 95.7. The number of benzene rings is 3. The third-order valence-electron chi connectivity index (χ3n) is 7.45. The molecule has 0 unspecified atom stereocenters. The molecule has 1 N–H and O–H groups in total. The van der Waals surface area contributed by atoms with Crippen molar-refractivity contribution in [3.63, 3.8) is 0 Å². The summed E-state index contributed by atoms with van der Waals surface area (Å²) in [6.07, 6.45) is -8.18. The molecular formula is C31H33F6NO4. The van der Waals surface area contributed by atoms with Crippen LogP contribution in [0.5, 0.6) is 17.2 Å². The number of piperidine rings is 1. The molecule has 1 aliphatic rings. The predicted octanol–water partition coefficient (Wildman–Crippen LogP) is 7.55. The van der Waals surface area contributed by atoms with Crippen molar-refractivity contribution in [1.82, 2.24) is 4.90 Å².